The molecule has 28 heavy (non-hydrogen) atoms. The Morgan fingerprint density at radius 1 is 1.07 bits per heavy atom. The van der Waals surface area contributed by atoms with Crippen molar-refractivity contribution in [2.24, 2.45) is 5.92 Å². The van der Waals surface area contributed by atoms with Crippen LogP contribution >= 0.6 is 0 Å². The Labute approximate surface area is 167 Å². The van der Waals surface area contributed by atoms with Crippen LogP contribution in [-0.2, 0) is 11.3 Å². The molecule has 0 saturated carbocycles. The first-order valence-electron chi connectivity index (χ1n) is 10.1. The number of piperazine rings is 1. The second-order valence-corrected chi connectivity index (χ2v) is 7.71. The normalized spacial score (nSPS) is 23.4. The molecule has 1 aromatic rings. The van der Waals surface area contributed by atoms with Crippen molar-refractivity contribution in [1.29, 1.82) is 0 Å². The molecule has 0 aromatic heterocycles. The summed E-state index contributed by atoms with van der Waals surface area (Å²) in [6.07, 6.45) is 1.90. The van der Waals surface area contributed by atoms with E-state index in [9.17, 15) is 4.79 Å². The number of nitrogens with one attached hydrogen (secondary N) is 1. The topological polar surface area (TPSA) is 63.3 Å². The lowest BCUT2D eigenvalue weighted by Crippen LogP contribution is -2.51. The minimum atomic E-state index is 0.179. The summed E-state index contributed by atoms with van der Waals surface area (Å²) >= 11 is 0. The van der Waals surface area contributed by atoms with E-state index < -0.39 is 0 Å². The smallest absolute Gasteiger partial charge is 0.225 e. The van der Waals surface area contributed by atoms with Gasteiger partial charge in [-0.2, -0.15) is 0 Å². The van der Waals surface area contributed by atoms with E-state index >= 15 is 0 Å². The first kappa shape index (κ1) is 20.7. The molecule has 7 heteroatoms. The number of rotatable bonds is 6. The highest BCUT2D eigenvalue weighted by molar-refractivity contribution is 5.79. The fourth-order valence-electron chi connectivity index (χ4n) is 4.23. The minimum Gasteiger partial charge on any atom is -0.493 e. The van der Waals surface area contributed by atoms with Crippen molar-refractivity contribution < 1.29 is 19.0 Å². The zero-order valence-corrected chi connectivity index (χ0v) is 17.5. The SMILES string of the molecule is COc1cc(CN2CCN(C(=O)[C@H]3CCN[C@@H](C)C3)CC2)cc(OC)c1OC. The molecular formula is C21H33N3O4. The molecule has 7 nitrogen and oxygen atoms in total. The van der Waals surface area contributed by atoms with Crippen molar-refractivity contribution in [3.63, 3.8) is 0 Å². The van der Waals surface area contributed by atoms with E-state index in [4.69, 9.17) is 14.2 Å². The molecule has 2 saturated heterocycles. The molecule has 2 heterocycles. The average Bonchev–Trinajstić information content (AvgIpc) is 2.73. The van der Waals surface area contributed by atoms with E-state index in [1.807, 2.05) is 17.0 Å². The van der Waals surface area contributed by atoms with Gasteiger partial charge in [0, 0.05) is 44.7 Å². The van der Waals surface area contributed by atoms with E-state index in [0.29, 0.717) is 29.2 Å². The lowest BCUT2D eigenvalue weighted by molar-refractivity contribution is -0.138. The van der Waals surface area contributed by atoms with Crippen molar-refractivity contribution in [3.8, 4) is 17.2 Å². The van der Waals surface area contributed by atoms with Gasteiger partial charge in [-0.15, -0.1) is 0 Å². The number of carbonyl (C=O) groups excluding carboxylic acids is 1. The van der Waals surface area contributed by atoms with Crippen LogP contribution in [0.5, 0.6) is 17.2 Å². The highest BCUT2D eigenvalue weighted by Gasteiger charge is 2.30. The van der Waals surface area contributed by atoms with E-state index in [2.05, 4.69) is 17.1 Å². The Bertz CT molecular complexity index is 649. The largest absolute Gasteiger partial charge is 0.493 e. The number of carbonyl (C=O) groups is 1. The summed E-state index contributed by atoms with van der Waals surface area (Å²) in [6.45, 7) is 7.24. The van der Waals surface area contributed by atoms with Crippen molar-refractivity contribution in [2.45, 2.75) is 32.4 Å². The zero-order valence-electron chi connectivity index (χ0n) is 17.5. The summed E-state index contributed by atoms with van der Waals surface area (Å²) in [6, 6.07) is 4.42. The summed E-state index contributed by atoms with van der Waals surface area (Å²) in [5.74, 6) is 2.47. The highest BCUT2D eigenvalue weighted by Crippen LogP contribution is 2.38. The average molecular weight is 392 g/mol. The van der Waals surface area contributed by atoms with Gasteiger partial charge in [0.1, 0.15) is 0 Å². The highest BCUT2D eigenvalue weighted by atomic mass is 16.5. The van der Waals surface area contributed by atoms with Crippen LogP contribution in [0.2, 0.25) is 0 Å². The van der Waals surface area contributed by atoms with Gasteiger partial charge in [0.25, 0.3) is 0 Å². The summed E-state index contributed by atoms with van der Waals surface area (Å²) in [5, 5.41) is 3.42. The molecule has 0 bridgehead atoms. The van der Waals surface area contributed by atoms with Crippen LogP contribution in [0.4, 0.5) is 0 Å². The molecule has 2 aliphatic rings. The van der Waals surface area contributed by atoms with Crippen LogP contribution in [0.1, 0.15) is 25.3 Å². The molecular weight excluding hydrogens is 358 g/mol. The minimum absolute atomic E-state index is 0.179. The number of nitrogens with zero attached hydrogens (tertiary/aromatic N) is 2. The predicted molar refractivity (Wildman–Crippen MR) is 108 cm³/mol. The van der Waals surface area contributed by atoms with Crippen molar-refractivity contribution in [1.82, 2.24) is 15.1 Å². The number of hydrogen-bond acceptors (Lipinski definition) is 6. The Balaban J connectivity index is 1.57. The number of piperidine rings is 1. The molecule has 0 radical (unpaired) electrons. The lowest BCUT2D eigenvalue weighted by atomic mass is 9.92. The van der Waals surface area contributed by atoms with Gasteiger partial charge in [-0.25, -0.2) is 0 Å². The quantitative estimate of drug-likeness (QED) is 0.797. The molecule has 2 aliphatic heterocycles. The molecule has 2 atom stereocenters. The van der Waals surface area contributed by atoms with Crippen molar-refractivity contribution in [2.75, 3.05) is 54.1 Å². The van der Waals surface area contributed by atoms with Crippen molar-refractivity contribution in [3.05, 3.63) is 17.7 Å². The number of methoxy groups -OCH3 is 3. The maximum Gasteiger partial charge on any atom is 0.225 e. The summed E-state index contributed by atoms with van der Waals surface area (Å²) in [4.78, 5) is 17.3. The molecule has 1 N–H and O–H groups in total. The maximum atomic E-state index is 12.8. The lowest BCUT2D eigenvalue weighted by Gasteiger charge is -2.38. The molecule has 2 fully saturated rings. The first-order valence-corrected chi connectivity index (χ1v) is 10.1. The standard InChI is InChI=1S/C21H33N3O4/c1-15-11-17(5-6-22-15)21(25)24-9-7-23(8-10-24)14-16-12-18(26-2)20(28-4)19(13-16)27-3/h12-13,15,17,22H,5-11,14H2,1-4H3/t15-,17-/m0/s1. The van der Waals surface area contributed by atoms with E-state index in [1.165, 1.54) is 0 Å². The molecule has 0 unspecified atom stereocenters. The van der Waals surface area contributed by atoms with E-state index in [-0.39, 0.29) is 5.92 Å². The Morgan fingerprint density at radius 2 is 1.71 bits per heavy atom. The maximum absolute atomic E-state index is 12.8. The predicted octanol–water partition coefficient (Wildman–Crippen LogP) is 1.74. The number of hydrogen-bond donors (Lipinski definition) is 1. The Kier molecular flexibility index (Phi) is 7.02. The fourth-order valence-corrected chi connectivity index (χ4v) is 4.23. The Hall–Kier alpha value is -1.99. The Morgan fingerprint density at radius 3 is 2.25 bits per heavy atom. The van der Waals surface area contributed by atoms with Gasteiger partial charge >= 0.3 is 0 Å². The monoisotopic (exact) mass is 391 g/mol. The third-order valence-electron chi connectivity index (χ3n) is 5.79. The molecule has 0 spiro atoms. The van der Waals surface area contributed by atoms with Gasteiger partial charge in [-0.05, 0) is 44.0 Å². The zero-order chi connectivity index (χ0) is 20.1. The fraction of sp³-hybridized carbons (Fsp3) is 0.667. The molecule has 1 amide bonds. The molecule has 0 aliphatic carbocycles. The van der Waals surface area contributed by atoms with Gasteiger partial charge < -0.3 is 24.4 Å². The second kappa shape index (κ2) is 9.47. The van der Waals surface area contributed by atoms with Crippen LogP contribution in [-0.4, -0.2) is 75.8 Å². The van der Waals surface area contributed by atoms with E-state index in [1.54, 1.807) is 21.3 Å². The van der Waals surface area contributed by atoms with Crippen LogP contribution in [0, 0.1) is 5.92 Å². The molecule has 1 aromatic carbocycles. The van der Waals surface area contributed by atoms with Crippen LogP contribution < -0.4 is 19.5 Å². The van der Waals surface area contributed by atoms with Gasteiger partial charge in [0.15, 0.2) is 11.5 Å². The summed E-state index contributed by atoms with van der Waals surface area (Å²) < 4.78 is 16.3. The van der Waals surface area contributed by atoms with Crippen LogP contribution in [0.25, 0.3) is 0 Å². The third-order valence-corrected chi connectivity index (χ3v) is 5.79. The van der Waals surface area contributed by atoms with Gasteiger partial charge in [0.05, 0.1) is 21.3 Å². The van der Waals surface area contributed by atoms with E-state index in [0.717, 1.165) is 57.7 Å². The van der Waals surface area contributed by atoms with Crippen molar-refractivity contribution >= 4 is 5.91 Å². The third kappa shape index (κ3) is 4.70. The summed E-state index contributed by atoms with van der Waals surface area (Å²) in [5.41, 5.74) is 1.11. The number of amides is 1. The second-order valence-electron chi connectivity index (χ2n) is 7.71. The first-order chi connectivity index (χ1) is 13.5. The number of ether oxygens (including phenoxy) is 3. The number of benzene rings is 1. The van der Waals surface area contributed by atoms with Crippen LogP contribution in [0.15, 0.2) is 12.1 Å². The van der Waals surface area contributed by atoms with Crippen LogP contribution in [0.3, 0.4) is 0 Å². The van der Waals surface area contributed by atoms with Gasteiger partial charge in [-0.3, -0.25) is 9.69 Å². The molecule has 3 rings (SSSR count). The molecule has 156 valence electrons. The van der Waals surface area contributed by atoms with Gasteiger partial charge in [0.2, 0.25) is 11.7 Å². The summed E-state index contributed by atoms with van der Waals surface area (Å²) in [7, 11) is 4.87. The van der Waals surface area contributed by atoms with Gasteiger partial charge in [-0.1, -0.05) is 0 Å².